The molecule has 1 saturated heterocycles. The van der Waals surface area contributed by atoms with Crippen molar-refractivity contribution in [3.8, 4) is 6.07 Å². The van der Waals surface area contributed by atoms with Gasteiger partial charge in [0.15, 0.2) is 0 Å². The maximum atomic E-state index is 12.1. The lowest BCUT2D eigenvalue weighted by Crippen LogP contribution is -2.47. The molecule has 0 aliphatic carbocycles. The molecule has 1 fully saturated rings. The van der Waals surface area contributed by atoms with Crippen molar-refractivity contribution in [2.75, 3.05) is 38.2 Å². The average Bonchev–Trinajstić information content (AvgIpc) is 2.50. The quantitative estimate of drug-likeness (QED) is 0.887. The van der Waals surface area contributed by atoms with Gasteiger partial charge in [0.05, 0.1) is 24.8 Å². The standard InChI is InChI=1S/C16H22N4O2/c1-12-3-4-14(10-17)9-15(12)19-16(21)18-13(2)11-20-5-7-22-8-6-20/h3-4,9,13H,5-8,11H2,1-2H3,(H2,18,19,21). The molecule has 1 heterocycles. The summed E-state index contributed by atoms with van der Waals surface area (Å²) in [5, 5.41) is 14.7. The van der Waals surface area contributed by atoms with Crippen LogP contribution in [0.5, 0.6) is 0 Å². The molecule has 0 radical (unpaired) electrons. The molecule has 118 valence electrons. The molecule has 6 nitrogen and oxygen atoms in total. The highest BCUT2D eigenvalue weighted by molar-refractivity contribution is 5.90. The van der Waals surface area contributed by atoms with Crippen molar-refractivity contribution in [3.63, 3.8) is 0 Å². The summed E-state index contributed by atoms with van der Waals surface area (Å²) < 4.78 is 5.31. The van der Waals surface area contributed by atoms with Crippen molar-refractivity contribution < 1.29 is 9.53 Å². The number of carbonyl (C=O) groups excluding carboxylic acids is 1. The van der Waals surface area contributed by atoms with Gasteiger partial charge in [-0.1, -0.05) is 6.07 Å². The van der Waals surface area contributed by atoms with Crippen LogP contribution in [0.1, 0.15) is 18.1 Å². The van der Waals surface area contributed by atoms with Gasteiger partial charge in [-0.25, -0.2) is 4.79 Å². The van der Waals surface area contributed by atoms with Crippen LogP contribution in [0.2, 0.25) is 0 Å². The van der Waals surface area contributed by atoms with Crippen molar-refractivity contribution in [1.82, 2.24) is 10.2 Å². The second-order valence-electron chi connectivity index (χ2n) is 5.55. The van der Waals surface area contributed by atoms with Gasteiger partial charge in [-0.3, -0.25) is 4.90 Å². The van der Waals surface area contributed by atoms with Gasteiger partial charge in [0.2, 0.25) is 0 Å². The normalized spacial score (nSPS) is 16.6. The lowest BCUT2D eigenvalue weighted by Gasteiger charge is -2.29. The highest BCUT2D eigenvalue weighted by Gasteiger charge is 2.15. The number of nitriles is 1. The number of nitrogens with zero attached hydrogens (tertiary/aromatic N) is 2. The van der Waals surface area contributed by atoms with E-state index in [0.29, 0.717) is 11.3 Å². The first-order chi connectivity index (χ1) is 10.6. The smallest absolute Gasteiger partial charge is 0.319 e. The van der Waals surface area contributed by atoms with E-state index in [-0.39, 0.29) is 12.1 Å². The second kappa shape index (κ2) is 7.78. The third-order valence-electron chi connectivity index (χ3n) is 3.63. The summed E-state index contributed by atoms with van der Waals surface area (Å²) in [5.41, 5.74) is 2.12. The van der Waals surface area contributed by atoms with Gasteiger partial charge in [-0.15, -0.1) is 0 Å². The third kappa shape index (κ3) is 4.72. The largest absolute Gasteiger partial charge is 0.379 e. The number of hydrogen-bond acceptors (Lipinski definition) is 4. The summed E-state index contributed by atoms with van der Waals surface area (Å²) >= 11 is 0. The van der Waals surface area contributed by atoms with Crippen molar-refractivity contribution in [2.45, 2.75) is 19.9 Å². The summed E-state index contributed by atoms with van der Waals surface area (Å²) in [6.45, 7) is 7.97. The Kier molecular flexibility index (Phi) is 5.75. The van der Waals surface area contributed by atoms with Crippen molar-refractivity contribution in [1.29, 1.82) is 5.26 Å². The molecule has 22 heavy (non-hydrogen) atoms. The first-order valence-corrected chi connectivity index (χ1v) is 7.47. The van der Waals surface area contributed by atoms with Gasteiger partial charge < -0.3 is 15.4 Å². The topological polar surface area (TPSA) is 77.4 Å². The van der Waals surface area contributed by atoms with Crippen LogP contribution in [0.15, 0.2) is 18.2 Å². The monoisotopic (exact) mass is 302 g/mol. The van der Waals surface area contributed by atoms with Crippen LogP contribution in [0.25, 0.3) is 0 Å². The summed E-state index contributed by atoms with van der Waals surface area (Å²) in [6.07, 6.45) is 0. The highest BCUT2D eigenvalue weighted by Crippen LogP contribution is 2.16. The number of aryl methyl sites for hydroxylation is 1. The Morgan fingerprint density at radius 1 is 1.45 bits per heavy atom. The van der Waals surface area contributed by atoms with E-state index in [0.717, 1.165) is 38.4 Å². The van der Waals surface area contributed by atoms with Gasteiger partial charge in [-0.2, -0.15) is 5.26 Å². The first-order valence-electron chi connectivity index (χ1n) is 7.47. The van der Waals surface area contributed by atoms with Gasteiger partial charge in [0.25, 0.3) is 0 Å². The Morgan fingerprint density at radius 3 is 2.86 bits per heavy atom. The van der Waals surface area contributed by atoms with E-state index in [4.69, 9.17) is 10.00 Å². The van der Waals surface area contributed by atoms with E-state index in [1.807, 2.05) is 19.9 Å². The van der Waals surface area contributed by atoms with Gasteiger partial charge in [0.1, 0.15) is 0 Å². The predicted octanol–water partition coefficient (Wildman–Crippen LogP) is 1.71. The van der Waals surface area contributed by atoms with Crippen molar-refractivity contribution in [2.24, 2.45) is 0 Å². The number of ether oxygens (including phenoxy) is 1. The van der Waals surface area contributed by atoms with Crippen LogP contribution in [0.3, 0.4) is 0 Å². The molecule has 2 N–H and O–H groups in total. The molecule has 0 spiro atoms. The molecule has 1 aliphatic heterocycles. The number of rotatable bonds is 4. The molecule has 0 aromatic heterocycles. The third-order valence-corrected chi connectivity index (χ3v) is 3.63. The van der Waals surface area contributed by atoms with Crippen LogP contribution >= 0.6 is 0 Å². The number of nitrogens with one attached hydrogen (secondary N) is 2. The van der Waals surface area contributed by atoms with E-state index in [1.54, 1.807) is 12.1 Å². The molecule has 1 aliphatic rings. The SMILES string of the molecule is Cc1ccc(C#N)cc1NC(=O)NC(C)CN1CCOCC1. The van der Waals surface area contributed by atoms with E-state index < -0.39 is 0 Å². The fourth-order valence-electron chi connectivity index (χ4n) is 2.43. The zero-order valence-electron chi connectivity index (χ0n) is 13.1. The first kappa shape index (κ1) is 16.3. The molecule has 0 bridgehead atoms. The fourth-order valence-corrected chi connectivity index (χ4v) is 2.43. The Balaban J connectivity index is 1.85. The number of benzene rings is 1. The maximum absolute atomic E-state index is 12.1. The molecular weight excluding hydrogens is 280 g/mol. The molecule has 1 aromatic carbocycles. The summed E-state index contributed by atoms with van der Waals surface area (Å²) in [4.78, 5) is 14.3. The predicted molar refractivity (Wildman–Crippen MR) is 84.8 cm³/mol. The molecular formula is C16H22N4O2. The zero-order chi connectivity index (χ0) is 15.9. The molecule has 6 heteroatoms. The molecule has 1 atom stereocenters. The van der Waals surface area contributed by atoms with Crippen LogP contribution in [-0.2, 0) is 4.74 Å². The van der Waals surface area contributed by atoms with Crippen LogP contribution in [-0.4, -0.2) is 49.8 Å². The highest BCUT2D eigenvalue weighted by atomic mass is 16.5. The van der Waals surface area contributed by atoms with Crippen molar-refractivity contribution in [3.05, 3.63) is 29.3 Å². The maximum Gasteiger partial charge on any atom is 0.319 e. The number of hydrogen-bond donors (Lipinski definition) is 2. The number of anilines is 1. The molecule has 0 saturated carbocycles. The Bertz CT molecular complexity index is 562. The lowest BCUT2D eigenvalue weighted by molar-refractivity contribution is 0.0350. The minimum atomic E-state index is -0.251. The average molecular weight is 302 g/mol. The van der Waals surface area contributed by atoms with E-state index in [1.165, 1.54) is 0 Å². The Morgan fingerprint density at radius 2 is 2.18 bits per heavy atom. The fraction of sp³-hybridized carbons (Fsp3) is 0.500. The summed E-state index contributed by atoms with van der Waals surface area (Å²) in [5.74, 6) is 0. The van der Waals surface area contributed by atoms with Crippen LogP contribution in [0.4, 0.5) is 10.5 Å². The molecule has 2 amide bonds. The van der Waals surface area contributed by atoms with Gasteiger partial charge >= 0.3 is 6.03 Å². The molecule has 1 aromatic rings. The number of amides is 2. The molecule has 1 unspecified atom stereocenters. The van der Waals surface area contributed by atoms with E-state index in [2.05, 4.69) is 21.6 Å². The Labute approximate surface area is 131 Å². The number of urea groups is 1. The summed E-state index contributed by atoms with van der Waals surface area (Å²) in [7, 11) is 0. The molecule has 2 rings (SSSR count). The van der Waals surface area contributed by atoms with Crippen LogP contribution < -0.4 is 10.6 Å². The lowest BCUT2D eigenvalue weighted by atomic mass is 10.1. The minimum Gasteiger partial charge on any atom is -0.379 e. The Hall–Kier alpha value is -2.10. The van der Waals surface area contributed by atoms with Crippen LogP contribution in [0, 0.1) is 18.3 Å². The van der Waals surface area contributed by atoms with E-state index >= 15 is 0 Å². The summed E-state index contributed by atoms with van der Waals surface area (Å²) in [6, 6.07) is 7.10. The van der Waals surface area contributed by atoms with Gasteiger partial charge in [-0.05, 0) is 31.5 Å². The number of carbonyl (C=O) groups is 1. The second-order valence-corrected chi connectivity index (χ2v) is 5.55. The van der Waals surface area contributed by atoms with E-state index in [9.17, 15) is 4.79 Å². The number of morpholine rings is 1. The van der Waals surface area contributed by atoms with Gasteiger partial charge in [0, 0.05) is 31.4 Å². The van der Waals surface area contributed by atoms with Crippen molar-refractivity contribution >= 4 is 11.7 Å². The zero-order valence-corrected chi connectivity index (χ0v) is 13.1. The minimum absolute atomic E-state index is 0.0394.